The van der Waals surface area contributed by atoms with E-state index < -0.39 is 0 Å². The Hall–Kier alpha value is -0.120. The molecule has 0 bridgehead atoms. The van der Waals surface area contributed by atoms with Gasteiger partial charge in [0.25, 0.3) is 0 Å². The molecule has 2 aliphatic rings. The van der Waals surface area contributed by atoms with Crippen molar-refractivity contribution in [2.75, 3.05) is 45.9 Å². The van der Waals surface area contributed by atoms with Crippen LogP contribution in [0, 0.1) is 5.41 Å². The molecule has 0 radical (unpaired) electrons. The molecule has 0 aromatic heterocycles. The van der Waals surface area contributed by atoms with Crippen molar-refractivity contribution in [2.24, 2.45) is 5.41 Å². The average molecular weight is 240 g/mol. The highest BCUT2D eigenvalue weighted by molar-refractivity contribution is 4.87. The average Bonchev–Trinajstić information content (AvgIpc) is 2.39. The number of rotatable bonds is 5. The van der Waals surface area contributed by atoms with Gasteiger partial charge in [0.1, 0.15) is 0 Å². The minimum absolute atomic E-state index is 0.381. The molecular formula is C14H28N2O. The SMILES string of the molecule is CCNCC1(CN2CCCCC2)CCCOC1. The zero-order valence-electron chi connectivity index (χ0n) is 11.3. The largest absolute Gasteiger partial charge is 0.381 e. The number of hydrogen-bond acceptors (Lipinski definition) is 3. The van der Waals surface area contributed by atoms with Gasteiger partial charge in [0.2, 0.25) is 0 Å². The number of piperidine rings is 1. The van der Waals surface area contributed by atoms with Crippen molar-refractivity contribution in [1.82, 2.24) is 10.2 Å². The summed E-state index contributed by atoms with van der Waals surface area (Å²) >= 11 is 0. The minimum Gasteiger partial charge on any atom is -0.381 e. The third kappa shape index (κ3) is 3.94. The van der Waals surface area contributed by atoms with Crippen LogP contribution >= 0.6 is 0 Å². The van der Waals surface area contributed by atoms with Crippen LogP contribution in [0.1, 0.15) is 39.0 Å². The van der Waals surface area contributed by atoms with E-state index in [1.165, 1.54) is 51.7 Å². The van der Waals surface area contributed by atoms with Crippen molar-refractivity contribution in [1.29, 1.82) is 0 Å². The van der Waals surface area contributed by atoms with E-state index in [0.717, 1.165) is 26.3 Å². The Kier molecular flexibility index (Phi) is 5.26. The number of nitrogens with zero attached hydrogens (tertiary/aromatic N) is 1. The molecule has 2 aliphatic heterocycles. The van der Waals surface area contributed by atoms with E-state index in [1.807, 2.05) is 0 Å². The van der Waals surface area contributed by atoms with E-state index in [9.17, 15) is 0 Å². The van der Waals surface area contributed by atoms with Gasteiger partial charge in [0, 0.05) is 25.1 Å². The van der Waals surface area contributed by atoms with Gasteiger partial charge in [0.15, 0.2) is 0 Å². The summed E-state index contributed by atoms with van der Waals surface area (Å²) in [6, 6.07) is 0. The van der Waals surface area contributed by atoms with E-state index in [1.54, 1.807) is 0 Å². The summed E-state index contributed by atoms with van der Waals surface area (Å²) in [4.78, 5) is 2.66. The molecule has 2 rings (SSSR count). The number of ether oxygens (including phenoxy) is 1. The molecule has 17 heavy (non-hydrogen) atoms. The zero-order valence-corrected chi connectivity index (χ0v) is 11.3. The Morgan fingerprint density at radius 1 is 1.18 bits per heavy atom. The van der Waals surface area contributed by atoms with Crippen molar-refractivity contribution in [2.45, 2.75) is 39.0 Å². The molecule has 3 heteroatoms. The van der Waals surface area contributed by atoms with Crippen LogP contribution in [-0.4, -0.2) is 50.8 Å². The lowest BCUT2D eigenvalue weighted by molar-refractivity contribution is -0.0284. The van der Waals surface area contributed by atoms with Crippen LogP contribution in [0.25, 0.3) is 0 Å². The Labute approximate surface area is 106 Å². The van der Waals surface area contributed by atoms with Crippen molar-refractivity contribution < 1.29 is 4.74 Å². The fourth-order valence-electron chi connectivity index (χ4n) is 3.21. The van der Waals surface area contributed by atoms with E-state index >= 15 is 0 Å². The Bertz CT molecular complexity index is 208. The maximum absolute atomic E-state index is 5.76. The normalized spacial score (nSPS) is 31.6. The van der Waals surface area contributed by atoms with E-state index in [-0.39, 0.29) is 0 Å². The van der Waals surface area contributed by atoms with Crippen LogP contribution in [0.3, 0.4) is 0 Å². The predicted molar refractivity (Wildman–Crippen MR) is 71.3 cm³/mol. The quantitative estimate of drug-likeness (QED) is 0.794. The molecule has 3 nitrogen and oxygen atoms in total. The van der Waals surface area contributed by atoms with Crippen LogP contribution in [0.2, 0.25) is 0 Å². The molecule has 0 aromatic rings. The highest BCUT2D eigenvalue weighted by atomic mass is 16.5. The highest BCUT2D eigenvalue weighted by Gasteiger charge is 2.34. The van der Waals surface area contributed by atoms with Crippen LogP contribution in [0.5, 0.6) is 0 Å². The topological polar surface area (TPSA) is 24.5 Å². The Balaban J connectivity index is 1.88. The number of likely N-dealkylation sites (tertiary alicyclic amines) is 1. The summed E-state index contributed by atoms with van der Waals surface area (Å²) in [5, 5.41) is 3.54. The molecule has 1 atom stereocenters. The smallest absolute Gasteiger partial charge is 0.0546 e. The lowest BCUT2D eigenvalue weighted by atomic mass is 9.81. The first-order valence-corrected chi connectivity index (χ1v) is 7.35. The first-order valence-electron chi connectivity index (χ1n) is 7.35. The summed E-state index contributed by atoms with van der Waals surface area (Å²) in [5.74, 6) is 0. The van der Waals surface area contributed by atoms with Gasteiger partial charge < -0.3 is 15.0 Å². The lowest BCUT2D eigenvalue weighted by Crippen LogP contribution is -2.50. The summed E-state index contributed by atoms with van der Waals surface area (Å²) in [6.07, 6.45) is 6.76. The minimum atomic E-state index is 0.381. The summed E-state index contributed by atoms with van der Waals surface area (Å²) in [5.41, 5.74) is 0.381. The molecule has 0 amide bonds. The fourth-order valence-corrected chi connectivity index (χ4v) is 3.21. The van der Waals surface area contributed by atoms with Gasteiger partial charge in [-0.3, -0.25) is 0 Å². The fraction of sp³-hybridized carbons (Fsp3) is 1.00. The second-order valence-electron chi connectivity index (χ2n) is 5.77. The van der Waals surface area contributed by atoms with Crippen LogP contribution in [0.15, 0.2) is 0 Å². The first kappa shape index (κ1) is 13.3. The monoisotopic (exact) mass is 240 g/mol. The summed E-state index contributed by atoms with van der Waals surface area (Å²) in [7, 11) is 0. The van der Waals surface area contributed by atoms with Gasteiger partial charge in [-0.05, 0) is 45.3 Å². The Morgan fingerprint density at radius 2 is 2.00 bits per heavy atom. The van der Waals surface area contributed by atoms with E-state index in [2.05, 4.69) is 17.1 Å². The zero-order chi connectivity index (χ0) is 12.0. The Morgan fingerprint density at radius 3 is 2.65 bits per heavy atom. The summed E-state index contributed by atoms with van der Waals surface area (Å²) < 4.78 is 5.76. The van der Waals surface area contributed by atoms with Gasteiger partial charge >= 0.3 is 0 Å². The molecule has 100 valence electrons. The molecule has 2 saturated heterocycles. The maximum Gasteiger partial charge on any atom is 0.0546 e. The standard InChI is InChI=1S/C14H28N2O/c1-2-15-11-14(7-6-10-17-13-14)12-16-8-4-3-5-9-16/h15H,2-13H2,1H3. The van der Waals surface area contributed by atoms with Crippen molar-refractivity contribution >= 4 is 0 Å². The number of nitrogens with one attached hydrogen (secondary N) is 1. The van der Waals surface area contributed by atoms with Gasteiger partial charge in [-0.25, -0.2) is 0 Å². The highest BCUT2D eigenvalue weighted by Crippen LogP contribution is 2.30. The number of hydrogen-bond donors (Lipinski definition) is 1. The molecule has 1 unspecified atom stereocenters. The lowest BCUT2D eigenvalue weighted by Gasteiger charge is -2.42. The second-order valence-corrected chi connectivity index (χ2v) is 5.77. The van der Waals surface area contributed by atoms with Crippen molar-refractivity contribution in [3.63, 3.8) is 0 Å². The van der Waals surface area contributed by atoms with Crippen LogP contribution in [0.4, 0.5) is 0 Å². The molecular weight excluding hydrogens is 212 g/mol. The second kappa shape index (κ2) is 6.72. The van der Waals surface area contributed by atoms with Crippen molar-refractivity contribution in [3.8, 4) is 0 Å². The maximum atomic E-state index is 5.76. The molecule has 2 fully saturated rings. The molecule has 2 heterocycles. The summed E-state index contributed by atoms with van der Waals surface area (Å²) in [6.45, 7) is 10.1. The molecule has 0 aliphatic carbocycles. The molecule has 0 aromatic carbocycles. The van der Waals surface area contributed by atoms with E-state index in [4.69, 9.17) is 4.74 Å². The predicted octanol–water partition coefficient (Wildman–Crippen LogP) is 1.88. The van der Waals surface area contributed by atoms with E-state index in [0.29, 0.717) is 5.41 Å². The van der Waals surface area contributed by atoms with Gasteiger partial charge in [-0.1, -0.05) is 13.3 Å². The molecule has 0 saturated carbocycles. The first-order chi connectivity index (χ1) is 8.35. The third-order valence-electron chi connectivity index (χ3n) is 4.16. The van der Waals surface area contributed by atoms with Gasteiger partial charge in [-0.2, -0.15) is 0 Å². The van der Waals surface area contributed by atoms with Gasteiger partial charge in [-0.15, -0.1) is 0 Å². The molecule has 1 N–H and O–H groups in total. The van der Waals surface area contributed by atoms with Crippen LogP contribution < -0.4 is 5.32 Å². The molecule has 0 spiro atoms. The van der Waals surface area contributed by atoms with Gasteiger partial charge in [0.05, 0.1) is 6.61 Å². The van der Waals surface area contributed by atoms with Crippen molar-refractivity contribution in [3.05, 3.63) is 0 Å². The third-order valence-corrected chi connectivity index (χ3v) is 4.16. The van der Waals surface area contributed by atoms with Crippen LogP contribution in [-0.2, 0) is 4.74 Å².